The second-order valence-corrected chi connectivity index (χ2v) is 13.6. The molecule has 3 amide bonds. The number of ether oxygens (including phenoxy) is 1. The van der Waals surface area contributed by atoms with Crippen LogP contribution >= 0.6 is 11.6 Å². The van der Waals surface area contributed by atoms with Crippen molar-refractivity contribution in [2.45, 2.75) is 45.0 Å². The number of rotatable bonds is 7. The summed E-state index contributed by atoms with van der Waals surface area (Å²) in [4.78, 5) is 43.3. The van der Waals surface area contributed by atoms with E-state index in [-0.39, 0.29) is 48.9 Å². The maximum Gasteiger partial charge on any atom is 0.416 e. The highest BCUT2D eigenvalue weighted by atomic mass is 35.5. The van der Waals surface area contributed by atoms with Crippen molar-refractivity contribution in [3.8, 4) is 28.0 Å². The molecular weight excluding hydrogens is 690 g/mol. The number of alkyl halides is 3. The van der Waals surface area contributed by atoms with E-state index in [1.807, 2.05) is 0 Å². The summed E-state index contributed by atoms with van der Waals surface area (Å²) in [5.74, 6) is -2.12. The molecule has 8 nitrogen and oxygen atoms in total. The SMILES string of the molecule is CC(C)(C)OC(=O)N1CCN(C(=O)[C@H](Cc2ccc(-c3ccc(F)c(Cl)c3)cc2)NC(=O)c2cc(-c3ccc(C(F)(F)F)cc3)ccc2O)CC1. The van der Waals surface area contributed by atoms with Crippen molar-refractivity contribution >= 4 is 29.5 Å². The molecule has 0 saturated carbocycles. The molecule has 0 aliphatic carbocycles. The van der Waals surface area contributed by atoms with Crippen LogP contribution in [0.3, 0.4) is 0 Å². The second-order valence-electron chi connectivity index (χ2n) is 13.2. The van der Waals surface area contributed by atoms with Crippen LogP contribution in [0.5, 0.6) is 5.75 Å². The molecule has 2 N–H and O–H groups in total. The zero-order chi connectivity index (χ0) is 37.1. The largest absolute Gasteiger partial charge is 0.507 e. The Bertz CT molecular complexity index is 1900. The maximum absolute atomic E-state index is 14.0. The Morgan fingerprint density at radius 1 is 0.804 bits per heavy atom. The van der Waals surface area contributed by atoms with Crippen LogP contribution < -0.4 is 5.32 Å². The Morgan fingerprint density at radius 2 is 1.33 bits per heavy atom. The summed E-state index contributed by atoms with van der Waals surface area (Å²) in [5, 5.41) is 13.4. The van der Waals surface area contributed by atoms with Crippen molar-refractivity contribution < 1.29 is 41.8 Å². The summed E-state index contributed by atoms with van der Waals surface area (Å²) in [6.45, 7) is 6.08. The number of aromatic hydroxyl groups is 1. The first-order valence-electron chi connectivity index (χ1n) is 16.1. The Kier molecular flexibility index (Phi) is 10.9. The minimum Gasteiger partial charge on any atom is -0.507 e. The number of nitrogens with one attached hydrogen (secondary N) is 1. The zero-order valence-corrected chi connectivity index (χ0v) is 28.8. The van der Waals surface area contributed by atoms with Crippen molar-refractivity contribution in [2.24, 2.45) is 0 Å². The fourth-order valence-electron chi connectivity index (χ4n) is 5.59. The zero-order valence-electron chi connectivity index (χ0n) is 28.1. The maximum atomic E-state index is 14.0. The van der Waals surface area contributed by atoms with Crippen molar-refractivity contribution in [3.05, 3.63) is 112 Å². The molecule has 1 saturated heterocycles. The Balaban J connectivity index is 1.38. The van der Waals surface area contributed by atoms with E-state index in [2.05, 4.69) is 5.32 Å². The van der Waals surface area contributed by atoms with Gasteiger partial charge in [-0.05, 0) is 85.0 Å². The van der Waals surface area contributed by atoms with Gasteiger partial charge in [-0.2, -0.15) is 13.2 Å². The van der Waals surface area contributed by atoms with Gasteiger partial charge in [-0.25, -0.2) is 9.18 Å². The number of hydrogen-bond donors (Lipinski definition) is 2. The standard InChI is InChI=1S/C38H36ClF4N3O5/c1-37(2,3)51-36(50)46-18-16-45(17-19-46)35(49)32(20-23-4-6-24(7-5-23)27-10-14-31(40)30(39)22-27)44-34(48)29-21-26(11-15-33(29)47)25-8-12-28(13-9-25)38(41,42)43/h4-15,21-22,32,47H,16-20H2,1-3H3,(H,44,48)/t32-/m0/s1. The molecule has 1 fully saturated rings. The van der Waals surface area contributed by atoms with Gasteiger partial charge in [0.25, 0.3) is 5.91 Å². The number of phenolic OH excluding ortho intramolecular Hbond substituents is 1. The van der Waals surface area contributed by atoms with Crippen LogP contribution in [-0.2, 0) is 22.1 Å². The van der Waals surface area contributed by atoms with Crippen molar-refractivity contribution in [1.82, 2.24) is 15.1 Å². The molecule has 0 radical (unpaired) electrons. The number of amides is 3. The molecule has 5 rings (SSSR count). The predicted molar refractivity (Wildman–Crippen MR) is 185 cm³/mol. The summed E-state index contributed by atoms with van der Waals surface area (Å²) >= 11 is 5.96. The Morgan fingerprint density at radius 3 is 1.90 bits per heavy atom. The van der Waals surface area contributed by atoms with Gasteiger partial charge in [-0.3, -0.25) is 9.59 Å². The third-order valence-electron chi connectivity index (χ3n) is 8.28. The van der Waals surface area contributed by atoms with E-state index in [4.69, 9.17) is 16.3 Å². The highest BCUT2D eigenvalue weighted by Crippen LogP contribution is 2.32. The van der Waals surface area contributed by atoms with Crippen LogP contribution in [-0.4, -0.2) is 70.6 Å². The molecule has 0 unspecified atom stereocenters. The molecule has 0 bridgehead atoms. The molecule has 0 aromatic heterocycles. The van der Waals surface area contributed by atoms with Crippen LogP contribution in [0.1, 0.15) is 42.3 Å². The highest BCUT2D eigenvalue weighted by molar-refractivity contribution is 6.31. The summed E-state index contributed by atoms with van der Waals surface area (Å²) in [7, 11) is 0. The minimum absolute atomic E-state index is 0.0256. The van der Waals surface area contributed by atoms with Gasteiger partial charge in [0.1, 0.15) is 23.2 Å². The highest BCUT2D eigenvalue weighted by Gasteiger charge is 2.33. The van der Waals surface area contributed by atoms with Gasteiger partial charge in [0.05, 0.1) is 16.1 Å². The smallest absolute Gasteiger partial charge is 0.416 e. The van der Waals surface area contributed by atoms with E-state index < -0.39 is 47.1 Å². The van der Waals surface area contributed by atoms with Gasteiger partial charge >= 0.3 is 12.3 Å². The number of piperazine rings is 1. The Hall–Kier alpha value is -5.10. The van der Waals surface area contributed by atoms with Crippen molar-refractivity contribution in [2.75, 3.05) is 26.2 Å². The number of carbonyl (C=O) groups is 3. The van der Waals surface area contributed by atoms with Gasteiger partial charge in [-0.15, -0.1) is 0 Å². The molecule has 1 aliphatic rings. The fraction of sp³-hybridized carbons (Fsp3) is 0.289. The van der Waals surface area contributed by atoms with Crippen LogP contribution in [0, 0.1) is 5.82 Å². The quantitative estimate of drug-likeness (QED) is 0.189. The number of phenols is 1. The number of hydrogen-bond acceptors (Lipinski definition) is 5. The Labute approximate surface area is 297 Å². The molecule has 1 heterocycles. The number of halogens is 5. The van der Waals surface area contributed by atoms with Crippen molar-refractivity contribution in [3.63, 3.8) is 0 Å². The van der Waals surface area contributed by atoms with Crippen LogP contribution in [0.2, 0.25) is 5.02 Å². The molecule has 51 heavy (non-hydrogen) atoms. The third kappa shape index (κ3) is 9.37. The topological polar surface area (TPSA) is 99.2 Å². The molecule has 268 valence electrons. The lowest BCUT2D eigenvalue weighted by molar-refractivity contribution is -0.137. The molecule has 1 atom stereocenters. The number of benzene rings is 4. The average molecular weight is 726 g/mol. The van der Waals surface area contributed by atoms with E-state index in [9.17, 15) is 37.1 Å². The average Bonchev–Trinajstić information content (AvgIpc) is 3.08. The lowest BCUT2D eigenvalue weighted by atomic mass is 9.98. The first-order valence-corrected chi connectivity index (χ1v) is 16.5. The monoisotopic (exact) mass is 725 g/mol. The van der Waals surface area contributed by atoms with Gasteiger partial charge in [0.2, 0.25) is 5.91 Å². The molecule has 13 heteroatoms. The van der Waals surface area contributed by atoms with E-state index >= 15 is 0 Å². The molecule has 4 aromatic carbocycles. The van der Waals surface area contributed by atoms with E-state index in [0.717, 1.165) is 17.7 Å². The van der Waals surface area contributed by atoms with Gasteiger partial charge in [-0.1, -0.05) is 60.1 Å². The van der Waals surface area contributed by atoms with Gasteiger partial charge in [0.15, 0.2) is 0 Å². The summed E-state index contributed by atoms with van der Waals surface area (Å²) in [5.41, 5.74) is 1.18. The molecule has 0 spiro atoms. The van der Waals surface area contributed by atoms with Gasteiger partial charge < -0.3 is 25.0 Å². The lowest BCUT2D eigenvalue weighted by Crippen LogP contribution is -2.56. The number of carbonyl (C=O) groups excluding carboxylic acids is 3. The van der Waals surface area contributed by atoms with E-state index in [1.54, 1.807) is 56.0 Å². The van der Waals surface area contributed by atoms with Crippen LogP contribution in [0.15, 0.2) is 84.9 Å². The molecular formula is C38H36ClF4N3O5. The van der Waals surface area contributed by atoms with Crippen LogP contribution in [0.4, 0.5) is 22.4 Å². The first-order chi connectivity index (χ1) is 24.0. The third-order valence-corrected chi connectivity index (χ3v) is 8.57. The van der Waals surface area contributed by atoms with Crippen LogP contribution in [0.25, 0.3) is 22.3 Å². The minimum atomic E-state index is -4.52. The predicted octanol–water partition coefficient (Wildman–Crippen LogP) is 7.96. The molecule has 4 aromatic rings. The normalized spacial score (nSPS) is 14.2. The van der Waals surface area contributed by atoms with E-state index in [1.165, 1.54) is 47.4 Å². The fourth-order valence-corrected chi connectivity index (χ4v) is 5.77. The number of nitrogens with zero attached hydrogens (tertiary/aromatic N) is 2. The summed E-state index contributed by atoms with van der Waals surface area (Å²) < 4.78 is 58.5. The van der Waals surface area contributed by atoms with Gasteiger partial charge in [0, 0.05) is 32.6 Å². The molecule has 1 aliphatic heterocycles. The first kappa shape index (κ1) is 37.2. The summed E-state index contributed by atoms with van der Waals surface area (Å²) in [6.07, 6.45) is -4.96. The van der Waals surface area contributed by atoms with Crippen molar-refractivity contribution in [1.29, 1.82) is 0 Å². The lowest BCUT2D eigenvalue weighted by Gasteiger charge is -2.37. The summed E-state index contributed by atoms with van der Waals surface area (Å²) in [6, 6.07) is 18.8. The van der Waals surface area contributed by atoms with E-state index in [0.29, 0.717) is 22.3 Å². The second kappa shape index (κ2) is 15.0.